The van der Waals surface area contributed by atoms with Crippen molar-refractivity contribution in [2.75, 3.05) is 32.4 Å². The summed E-state index contributed by atoms with van der Waals surface area (Å²) in [5.74, 6) is -0.732. The first kappa shape index (κ1) is 16.3. The minimum absolute atomic E-state index is 0.378. The molecule has 0 radical (unpaired) electrons. The Morgan fingerprint density at radius 2 is 1.62 bits per heavy atom. The van der Waals surface area contributed by atoms with Gasteiger partial charge in [-0.2, -0.15) is 0 Å². The van der Waals surface area contributed by atoms with Gasteiger partial charge in [0.2, 0.25) is 0 Å². The molecule has 2 atom stereocenters. The van der Waals surface area contributed by atoms with E-state index in [4.69, 9.17) is 5.11 Å². The number of aliphatic carboxylic acids is 1. The molecule has 116 valence electrons. The van der Waals surface area contributed by atoms with Crippen LogP contribution >= 0.6 is 11.8 Å². The molecular formula is C16H24N2O2S. The van der Waals surface area contributed by atoms with Crippen molar-refractivity contribution in [2.45, 2.75) is 30.8 Å². The Bertz CT molecular complexity index is 470. The topological polar surface area (TPSA) is 43.8 Å². The maximum atomic E-state index is 11.0. The molecule has 1 N–H and O–H groups in total. The molecule has 1 fully saturated rings. The number of hydrogen-bond acceptors (Lipinski definition) is 4. The molecule has 1 aromatic carbocycles. The van der Waals surface area contributed by atoms with Gasteiger partial charge in [0.15, 0.2) is 0 Å². The first-order chi connectivity index (χ1) is 10.0. The molecule has 1 aliphatic heterocycles. The van der Waals surface area contributed by atoms with E-state index in [9.17, 15) is 4.79 Å². The van der Waals surface area contributed by atoms with E-state index in [-0.39, 0.29) is 6.04 Å². The van der Waals surface area contributed by atoms with Crippen LogP contribution in [0.4, 0.5) is 0 Å². The molecule has 0 saturated carbocycles. The molecule has 2 rings (SSSR count). The highest BCUT2D eigenvalue weighted by molar-refractivity contribution is 7.98. The first-order valence-electron chi connectivity index (χ1n) is 7.37. The van der Waals surface area contributed by atoms with Crippen LogP contribution in [0.5, 0.6) is 0 Å². The lowest BCUT2D eigenvalue weighted by Crippen LogP contribution is -2.52. The van der Waals surface area contributed by atoms with Gasteiger partial charge in [-0.3, -0.25) is 14.6 Å². The monoisotopic (exact) mass is 308 g/mol. The van der Waals surface area contributed by atoms with Crippen LogP contribution in [0.15, 0.2) is 29.2 Å². The predicted octanol–water partition coefficient (Wildman–Crippen LogP) is 2.56. The number of thioether (sulfide) groups is 1. The summed E-state index contributed by atoms with van der Waals surface area (Å²) in [4.78, 5) is 16.8. The van der Waals surface area contributed by atoms with Crippen molar-refractivity contribution >= 4 is 17.7 Å². The largest absolute Gasteiger partial charge is 0.480 e. The molecule has 1 heterocycles. The standard InChI is InChI=1S/C16H24N2O2S/c1-12(14-4-6-15(21-3)7-5-14)17-8-10-18(11-9-17)13(2)16(19)20/h4-7,12-13H,8-11H2,1-3H3,(H,19,20). The van der Waals surface area contributed by atoms with E-state index in [0.717, 1.165) is 26.2 Å². The van der Waals surface area contributed by atoms with Gasteiger partial charge in [0.25, 0.3) is 0 Å². The fraction of sp³-hybridized carbons (Fsp3) is 0.562. The number of carboxylic acid groups (broad SMARTS) is 1. The first-order valence-corrected chi connectivity index (χ1v) is 8.60. The predicted molar refractivity (Wildman–Crippen MR) is 86.9 cm³/mol. The molecule has 0 aromatic heterocycles. The maximum Gasteiger partial charge on any atom is 0.320 e. The Morgan fingerprint density at radius 1 is 1.10 bits per heavy atom. The minimum atomic E-state index is -0.732. The average Bonchev–Trinajstić information content (AvgIpc) is 2.53. The van der Waals surface area contributed by atoms with E-state index in [2.05, 4.69) is 42.3 Å². The van der Waals surface area contributed by atoms with E-state index >= 15 is 0 Å². The summed E-state index contributed by atoms with van der Waals surface area (Å²) in [6, 6.07) is 8.72. The van der Waals surface area contributed by atoms with Gasteiger partial charge in [0, 0.05) is 37.1 Å². The van der Waals surface area contributed by atoms with Gasteiger partial charge in [-0.25, -0.2) is 0 Å². The zero-order chi connectivity index (χ0) is 15.4. The Balaban J connectivity index is 1.93. The Hall–Kier alpha value is -1.04. The smallest absolute Gasteiger partial charge is 0.320 e. The van der Waals surface area contributed by atoms with Gasteiger partial charge in [0.1, 0.15) is 6.04 Å². The number of carbonyl (C=O) groups is 1. The normalized spacial score (nSPS) is 20.1. The zero-order valence-corrected chi connectivity index (χ0v) is 13.8. The number of rotatable bonds is 5. The molecule has 5 heteroatoms. The van der Waals surface area contributed by atoms with Crippen LogP contribution in [0, 0.1) is 0 Å². The van der Waals surface area contributed by atoms with Crippen LogP contribution < -0.4 is 0 Å². The fourth-order valence-corrected chi connectivity index (χ4v) is 3.17. The highest BCUT2D eigenvalue weighted by atomic mass is 32.2. The minimum Gasteiger partial charge on any atom is -0.480 e. The van der Waals surface area contributed by atoms with Gasteiger partial charge in [-0.1, -0.05) is 12.1 Å². The fourth-order valence-electron chi connectivity index (χ4n) is 2.76. The molecule has 4 nitrogen and oxygen atoms in total. The molecule has 1 aliphatic rings. The third-order valence-corrected chi connectivity index (χ3v) is 5.14. The lowest BCUT2D eigenvalue weighted by Gasteiger charge is -2.39. The van der Waals surface area contributed by atoms with Crippen molar-refractivity contribution in [3.05, 3.63) is 29.8 Å². The van der Waals surface area contributed by atoms with Gasteiger partial charge in [-0.15, -0.1) is 11.8 Å². The van der Waals surface area contributed by atoms with Crippen molar-refractivity contribution in [2.24, 2.45) is 0 Å². The van der Waals surface area contributed by atoms with E-state index in [1.165, 1.54) is 10.5 Å². The van der Waals surface area contributed by atoms with Crippen LogP contribution in [-0.2, 0) is 4.79 Å². The molecule has 1 aromatic rings. The van der Waals surface area contributed by atoms with Crippen molar-refractivity contribution < 1.29 is 9.90 Å². The van der Waals surface area contributed by atoms with Crippen LogP contribution in [0.25, 0.3) is 0 Å². The molecule has 21 heavy (non-hydrogen) atoms. The molecule has 2 unspecified atom stereocenters. The lowest BCUT2D eigenvalue weighted by molar-refractivity contribution is -0.143. The molecule has 1 saturated heterocycles. The summed E-state index contributed by atoms with van der Waals surface area (Å²) >= 11 is 1.76. The maximum absolute atomic E-state index is 11.0. The third kappa shape index (κ3) is 3.99. The SMILES string of the molecule is CSc1ccc(C(C)N2CCN(C(C)C(=O)O)CC2)cc1. The second-order valence-corrected chi connectivity index (χ2v) is 6.41. The summed E-state index contributed by atoms with van der Waals surface area (Å²) in [5.41, 5.74) is 1.33. The summed E-state index contributed by atoms with van der Waals surface area (Å²) in [7, 11) is 0. The van der Waals surface area contributed by atoms with E-state index < -0.39 is 5.97 Å². The average molecular weight is 308 g/mol. The second kappa shape index (κ2) is 7.29. The molecule has 0 bridgehead atoms. The Kier molecular flexibility index (Phi) is 5.67. The number of nitrogens with zero attached hydrogens (tertiary/aromatic N) is 2. The van der Waals surface area contributed by atoms with Gasteiger partial charge in [0.05, 0.1) is 0 Å². The van der Waals surface area contributed by atoms with Crippen LogP contribution in [0.2, 0.25) is 0 Å². The van der Waals surface area contributed by atoms with Crippen molar-refractivity contribution in [1.29, 1.82) is 0 Å². The van der Waals surface area contributed by atoms with E-state index in [1.807, 2.05) is 4.90 Å². The Labute approximate surface area is 131 Å². The zero-order valence-electron chi connectivity index (χ0n) is 13.0. The van der Waals surface area contributed by atoms with Gasteiger partial charge >= 0.3 is 5.97 Å². The summed E-state index contributed by atoms with van der Waals surface area (Å²) < 4.78 is 0. The van der Waals surface area contributed by atoms with Crippen molar-refractivity contribution in [3.63, 3.8) is 0 Å². The Morgan fingerprint density at radius 3 is 2.10 bits per heavy atom. The van der Waals surface area contributed by atoms with E-state index in [1.54, 1.807) is 18.7 Å². The molecule has 0 spiro atoms. The second-order valence-electron chi connectivity index (χ2n) is 5.54. The third-order valence-electron chi connectivity index (χ3n) is 4.40. The van der Waals surface area contributed by atoms with E-state index in [0.29, 0.717) is 6.04 Å². The summed E-state index contributed by atoms with van der Waals surface area (Å²) in [6.45, 7) is 7.47. The van der Waals surface area contributed by atoms with Gasteiger partial charge < -0.3 is 5.11 Å². The number of carboxylic acids is 1. The number of piperazine rings is 1. The molecule has 0 amide bonds. The highest BCUT2D eigenvalue weighted by Gasteiger charge is 2.27. The highest BCUT2D eigenvalue weighted by Crippen LogP contribution is 2.24. The van der Waals surface area contributed by atoms with Gasteiger partial charge in [-0.05, 0) is 37.8 Å². The lowest BCUT2D eigenvalue weighted by atomic mass is 10.1. The molecular weight excluding hydrogens is 284 g/mol. The van der Waals surface area contributed by atoms with Crippen LogP contribution in [0.3, 0.4) is 0 Å². The summed E-state index contributed by atoms with van der Waals surface area (Å²) in [5, 5.41) is 9.08. The number of benzene rings is 1. The number of hydrogen-bond donors (Lipinski definition) is 1. The summed E-state index contributed by atoms with van der Waals surface area (Å²) in [6.07, 6.45) is 2.08. The van der Waals surface area contributed by atoms with Crippen LogP contribution in [-0.4, -0.2) is 59.4 Å². The quantitative estimate of drug-likeness (QED) is 0.847. The van der Waals surface area contributed by atoms with Crippen LogP contribution in [0.1, 0.15) is 25.5 Å². The van der Waals surface area contributed by atoms with Crippen molar-refractivity contribution in [3.8, 4) is 0 Å². The van der Waals surface area contributed by atoms with Crippen molar-refractivity contribution in [1.82, 2.24) is 9.80 Å². The molecule has 0 aliphatic carbocycles.